The van der Waals surface area contributed by atoms with Gasteiger partial charge in [-0.15, -0.1) is 0 Å². The number of amides is 2. The predicted molar refractivity (Wildman–Crippen MR) is 289 cm³/mol. The molecule has 35 nitrogen and oxygen atoms in total. The van der Waals surface area contributed by atoms with E-state index in [4.69, 9.17) is 130 Å². The van der Waals surface area contributed by atoms with E-state index in [-0.39, 0.29) is 0 Å². The highest BCUT2D eigenvalue weighted by atomic mass is 35.6. The van der Waals surface area contributed by atoms with Crippen molar-refractivity contribution in [1.29, 1.82) is 5.41 Å². The minimum Gasteiger partial charge on any atom is -0.463 e. The van der Waals surface area contributed by atoms with Crippen molar-refractivity contribution in [3.05, 3.63) is 0 Å². The van der Waals surface area contributed by atoms with Gasteiger partial charge in [-0.2, -0.15) is 0 Å². The first-order valence-electron chi connectivity index (χ1n) is 27.1. The lowest BCUT2D eigenvalue weighted by Crippen LogP contribution is -2.72. The summed E-state index contributed by atoms with van der Waals surface area (Å²) in [5.74, 6) is -14.3. The third-order valence-corrected chi connectivity index (χ3v) is 13.0. The number of nitrogens with one attached hydrogen (secondary N) is 3. The molecule has 2 amide bonds. The van der Waals surface area contributed by atoms with E-state index in [2.05, 4.69) is 10.6 Å². The van der Waals surface area contributed by atoms with Crippen molar-refractivity contribution < 1.29 is 152 Å². The zero-order valence-corrected chi connectivity index (χ0v) is 52.8. The molecule has 4 aliphatic heterocycles. The smallest absolute Gasteiger partial charge is 0.303 e. The summed E-state index contributed by atoms with van der Waals surface area (Å²) in [6.07, 6.45) is -35.3. The van der Waals surface area contributed by atoms with Crippen molar-refractivity contribution in [3.63, 3.8) is 0 Å². The van der Waals surface area contributed by atoms with E-state index in [1.54, 1.807) is 0 Å². The van der Waals surface area contributed by atoms with Gasteiger partial charge in [-0.05, 0) is 0 Å². The number of carbonyl (C=O) groups is 13. The molecule has 4 heterocycles. The first-order chi connectivity index (χ1) is 41.9. The molecule has 0 spiro atoms. The maximum absolute atomic E-state index is 13.5. The van der Waals surface area contributed by atoms with Crippen LogP contribution in [0.2, 0.25) is 0 Å². The van der Waals surface area contributed by atoms with Crippen LogP contribution in [-0.2, 0) is 152 Å². The van der Waals surface area contributed by atoms with Gasteiger partial charge in [0.05, 0.1) is 0 Å². The molecule has 3 N–H and O–H groups in total. The van der Waals surface area contributed by atoms with Gasteiger partial charge in [-0.3, -0.25) is 67.7 Å². The van der Waals surface area contributed by atoms with Crippen molar-refractivity contribution in [3.8, 4) is 0 Å². The molecule has 506 valence electrons. The second-order valence-electron chi connectivity index (χ2n) is 20.1. The van der Waals surface area contributed by atoms with Gasteiger partial charge in [0.15, 0.2) is 55.5 Å². The minimum atomic E-state index is -2.60. The number of halogens is 3. The average Bonchev–Trinajstić information content (AvgIpc) is 0.778. The fourth-order valence-electron chi connectivity index (χ4n) is 9.53. The molecule has 4 aliphatic rings. The summed E-state index contributed by atoms with van der Waals surface area (Å²) in [5, 5.41) is 13.3. The van der Waals surface area contributed by atoms with Crippen LogP contribution in [0.4, 0.5) is 0 Å². The van der Waals surface area contributed by atoms with Crippen LogP contribution in [0.1, 0.15) is 90.0 Å². The highest BCUT2D eigenvalue weighted by molar-refractivity contribution is 6.76. The second kappa shape index (κ2) is 34.0. The zero-order chi connectivity index (χ0) is 67.8. The van der Waals surface area contributed by atoms with Crippen LogP contribution in [0.3, 0.4) is 0 Å². The molecule has 4 fully saturated rings. The Morgan fingerprint density at radius 3 is 0.922 bits per heavy atom. The molecular formula is C52H70Cl3N3O32. The number of ether oxygens (including phenoxy) is 19. The van der Waals surface area contributed by atoms with Crippen molar-refractivity contribution in [2.75, 3.05) is 26.4 Å². The van der Waals surface area contributed by atoms with Gasteiger partial charge in [-0.25, -0.2) is 0 Å². The molecular weight excluding hydrogens is 1280 g/mol. The van der Waals surface area contributed by atoms with Gasteiger partial charge >= 0.3 is 65.7 Å². The van der Waals surface area contributed by atoms with Crippen LogP contribution in [0.15, 0.2) is 0 Å². The molecule has 0 unspecified atom stereocenters. The summed E-state index contributed by atoms with van der Waals surface area (Å²) in [6, 6.07) is -3.65. The van der Waals surface area contributed by atoms with E-state index < -0.39 is 236 Å². The first-order valence-corrected chi connectivity index (χ1v) is 28.2. The third-order valence-electron chi connectivity index (χ3n) is 12.5. The van der Waals surface area contributed by atoms with Crippen molar-refractivity contribution in [2.45, 2.75) is 217 Å². The van der Waals surface area contributed by atoms with E-state index in [0.717, 1.165) is 90.0 Å². The molecule has 0 aliphatic carbocycles. The van der Waals surface area contributed by atoms with E-state index in [9.17, 15) is 62.3 Å². The fraction of sp³-hybridized carbons (Fsp3) is 0.731. The minimum absolute atomic E-state index is 0.731. The SMILES string of the molecule is CC(=O)N[C@H]1[C@H](O[C@H]2[C@H](OC(C)=O)[C@@H](NC(C)=O)[C@H](O[C@@H]3[C@H](OC(C)=O)[C@H](O[C@H]4[C@H](OC(C)=O)[C@@H](OC(C)=O)[C@@H](OC(=N)C(Cl)(Cl)Cl)O[C@@H]4COC(C)=O)O[C@H](COC(C)=O)[C@H]3OC(C)=O)O[C@@H]2COC(C)=O)O[C@H](COC(C)=O)[C@H](OC(C)=O)[C@@H]1OC(C)=O. The zero-order valence-electron chi connectivity index (χ0n) is 50.6. The van der Waals surface area contributed by atoms with Gasteiger partial charge in [0, 0.05) is 90.0 Å². The molecule has 20 atom stereocenters. The van der Waals surface area contributed by atoms with Gasteiger partial charge < -0.3 is 101 Å². The summed E-state index contributed by atoms with van der Waals surface area (Å²) in [5.41, 5.74) is 0. The number of hydrogen-bond donors (Lipinski definition) is 3. The monoisotopic (exact) mass is 1350 g/mol. The topological polar surface area (TPSA) is 445 Å². The number of alkyl halides is 3. The Balaban J connectivity index is 2.05. The highest BCUT2D eigenvalue weighted by Crippen LogP contribution is 2.40. The standard InChI is InChI=1S/C52H70Cl3N3O32/c1-18(59)57-35-41(78-26(9)67)37(76-24(7)65)31(14-72-20(3)61)83-47(35)87-38-32(15-73-21(4)62)84-48(36(58-19(2)60)42(38)79-27(10)68)89-44-39(77-25(8)66)33(16-74-22(5)63)85-49(46(44)82-30(13)71)88-40-34(17-75-23(6)64)86-50(90-51(56)52(53,54)55)45(81-29(12)70)43(40)80-28(11)69/h31-50,56H,14-17H2,1-13H3,(H,57,59)(H,58,60)/t31-,32-,33-,34-,35-,36-,37+,38-,39-,40-,41-,42-,43+,44+,45-,46+,47+,48+,49+,50-/m1/s1. The Bertz CT molecular complexity index is 2660. The molecule has 38 heteroatoms. The van der Waals surface area contributed by atoms with Gasteiger partial charge in [0.1, 0.15) is 81.2 Å². The van der Waals surface area contributed by atoms with E-state index >= 15 is 0 Å². The summed E-state index contributed by atoms with van der Waals surface area (Å²) in [4.78, 5) is 168. The van der Waals surface area contributed by atoms with Crippen molar-refractivity contribution >= 4 is 118 Å². The maximum Gasteiger partial charge on any atom is 0.303 e. The Hall–Kier alpha value is -6.83. The maximum atomic E-state index is 13.5. The molecule has 4 saturated heterocycles. The van der Waals surface area contributed by atoms with Gasteiger partial charge in [-0.1, -0.05) is 34.8 Å². The lowest BCUT2D eigenvalue weighted by Gasteiger charge is -2.51. The number of rotatable bonds is 24. The molecule has 0 saturated carbocycles. The Labute approximate surface area is 527 Å². The molecule has 90 heavy (non-hydrogen) atoms. The third kappa shape index (κ3) is 22.8. The van der Waals surface area contributed by atoms with Crippen LogP contribution in [0.25, 0.3) is 0 Å². The predicted octanol–water partition coefficient (Wildman–Crippen LogP) is -0.811. The molecule has 0 aromatic carbocycles. The largest absolute Gasteiger partial charge is 0.463 e. The average molecular weight is 1360 g/mol. The van der Waals surface area contributed by atoms with E-state index in [1.807, 2.05) is 0 Å². The molecule has 4 rings (SSSR count). The quantitative estimate of drug-likeness (QED) is 0.0350. The first kappa shape index (κ1) is 75.6. The van der Waals surface area contributed by atoms with Crippen LogP contribution >= 0.6 is 34.8 Å². The lowest BCUT2D eigenvalue weighted by molar-refractivity contribution is -0.378. The molecule has 0 radical (unpaired) electrons. The van der Waals surface area contributed by atoms with Crippen molar-refractivity contribution in [1.82, 2.24) is 10.6 Å². The molecule has 0 aromatic rings. The van der Waals surface area contributed by atoms with Crippen molar-refractivity contribution in [2.24, 2.45) is 0 Å². The van der Waals surface area contributed by atoms with Crippen LogP contribution in [0, 0.1) is 5.41 Å². The number of hydrogen-bond acceptors (Lipinski definition) is 33. The molecule has 0 aromatic heterocycles. The summed E-state index contributed by atoms with van der Waals surface area (Å²) in [6.45, 7) is 9.00. The summed E-state index contributed by atoms with van der Waals surface area (Å²) in [7, 11) is 0. The van der Waals surface area contributed by atoms with Crippen LogP contribution in [0.5, 0.6) is 0 Å². The van der Waals surface area contributed by atoms with Gasteiger partial charge in [0.2, 0.25) is 30.1 Å². The van der Waals surface area contributed by atoms with Crippen LogP contribution in [-0.4, -0.2) is 236 Å². The second-order valence-corrected chi connectivity index (χ2v) is 22.4. The van der Waals surface area contributed by atoms with Gasteiger partial charge in [0.25, 0.3) is 3.79 Å². The Morgan fingerprint density at radius 2 is 0.578 bits per heavy atom. The Kier molecular flexibility index (Phi) is 28.6. The van der Waals surface area contributed by atoms with E-state index in [0.29, 0.717) is 0 Å². The summed E-state index contributed by atoms with van der Waals surface area (Å²) < 4.78 is 109. The highest BCUT2D eigenvalue weighted by Gasteiger charge is 2.61. The number of esters is 11. The number of carbonyl (C=O) groups excluding carboxylic acids is 13. The fourth-order valence-corrected chi connectivity index (χ4v) is 9.67. The molecule has 0 bridgehead atoms. The van der Waals surface area contributed by atoms with E-state index in [1.165, 1.54) is 0 Å². The normalized spacial score (nSPS) is 31.4. The summed E-state index contributed by atoms with van der Waals surface area (Å²) >= 11 is 17.7. The Morgan fingerprint density at radius 1 is 0.322 bits per heavy atom. The van der Waals surface area contributed by atoms with Crippen LogP contribution < -0.4 is 10.6 Å². The lowest BCUT2D eigenvalue weighted by atomic mass is 9.93.